The summed E-state index contributed by atoms with van der Waals surface area (Å²) in [5.41, 5.74) is 2.35. The second-order valence-corrected chi connectivity index (χ2v) is 9.15. The van der Waals surface area contributed by atoms with Crippen LogP contribution in [-0.4, -0.2) is 37.9 Å². The number of carbonyl (C=O) groups excluding carboxylic acids is 1. The highest BCUT2D eigenvalue weighted by Crippen LogP contribution is 2.31. The molecule has 0 atom stereocenters. The van der Waals surface area contributed by atoms with E-state index in [0.29, 0.717) is 27.0 Å². The Balaban J connectivity index is 1.85. The van der Waals surface area contributed by atoms with Crippen molar-refractivity contribution in [2.24, 2.45) is 7.05 Å². The van der Waals surface area contributed by atoms with Crippen LogP contribution in [0.25, 0.3) is 27.5 Å². The third-order valence-corrected chi connectivity index (χ3v) is 6.70. The van der Waals surface area contributed by atoms with Crippen molar-refractivity contribution in [2.45, 2.75) is 13.8 Å². The SMILES string of the molecule is CCN(C(=O)c1nn(-c2ccc(C)cc2)c(=O)c2c1c1ccccc1n2C)c1cc(Cl)ccc1C(=O)O. The number of hydrogen-bond acceptors (Lipinski definition) is 4. The van der Waals surface area contributed by atoms with Gasteiger partial charge in [-0.1, -0.05) is 47.5 Å². The van der Waals surface area contributed by atoms with Crippen LogP contribution in [0.5, 0.6) is 0 Å². The maximum absolute atomic E-state index is 14.2. The maximum Gasteiger partial charge on any atom is 0.337 e. The number of nitrogens with zero attached hydrogens (tertiary/aromatic N) is 4. The Morgan fingerprint density at radius 3 is 2.43 bits per heavy atom. The van der Waals surface area contributed by atoms with Gasteiger partial charge in [-0.05, 0) is 50.2 Å². The van der Waals surface area contributed by atoms with Gasteiger partial charge in [0.05, 0.1) is 16.9 Å². The number of carboxylic acids is 1. The minimum Gasteiger partial charge on any atom is -0.478 e. The number of aromatic carboxylic acids is 1. The average molecular weight is 515 g/mol. The summed E-state index contributed by atoms with van der Waals surface area (Å²) in [4.78, 5) is 41.2. The van der Waals surface area contributed by atoms with Crippen molar-refractivity contribution in [2.75, 3.05) is 11.4 Å². The highest BCUT2D eigenvalue weighted by atomic mass is 35.5. The summed E-state index contributed by atoms with van der Waals surface area (Å²) in [6, 6.07) is 18.9. The Morgan fingerprint density at radius 1 is 1.05 bits per heavy atom. The molecule has 0 fully saturated rings. The highest BCUT2D eigenvalue weighted by Gasteiger charge is 2.29. The van der Waals surface area contributed by atoms with Crippen molar-refractivity contribution < 1.29 is 14.7 Å². The van der Waals surface area contributed by atoms with E-state index in [2.05, 4.69) is 5.10 Å². The number of hydrogen-bond donors (Lipinski definition) is 1. The lowest BCUT2D eigenvalue weighted by Crippen LogP contribution is -2.35. The first-order chi connectivity index (χ1) is 17.7. The van der Waals surface area contributed by atoms with Crippen LogP contribution in [0.1, 0.15) is 33.3 Å². The molecule has 1 amide bonds. The Hall–Kier alpha value is -4.43. The molecule has 0 saturated heterocycles. The first-order valence-electron chi connectivity index (χ1n) is 11.6. The van der Waals surface area contributed by atoms with Crippen LogP contribution in [0.3, 0.4) is 0 Å². The normalized spacial score (nSPS) is 11.2. The largest absolute Gasteiger partial charge is 0.478 e. The van der Waals surface area contributed by atoms with Gasteiger partial charge in [-0.2, -0.15) is 9.78 Å². The van der Waals surface area contributed by atoms with Gasteiger partial charge in [-0.25, -0.2) is 4.79 Å². The van der Waals surface area contributed by atoms with Crippen molar-refractivity contribution in [3.8, 4) is 5.69 Å². The molecule has 0 spiro atoms. The molecule has 186 valence electrons. The number of aromatic nitrogens is 3. The number of aryl methyl sites for hydroxylation is 2. The predicted molar refractivity (Wildman–Crippen MR) is 144 cm³/mol. The van der Waals surface area contributed by atoms with Crippen molar-refractivity contribution in [3.63, 3.8) is 0 Å². The zero-order valence-corrected chi connectivity index (χ0v) is 21.2. The molecule has 0 bridgehead atoms. The van der Waals surface area contributed by atoms with Crippen LogP contribution in [0.2, 0.25) is 5.02 Å². The van der Waals surface area contributed by atoms with E-state index in [9.17, 15) is 19.5 Å². The van der Waals surface area contributed by atoms with Crippen LogP contribution in [0.15, 0.2) is 71.5 Å². The first kappa shape index (κ1) is 24.3. The molecule has 0 aliphatic heterocycles. The standard InChI is InChI=1S/C28H23ClN4O4/c1-4-32(22-15-17(29)11-14-20(22)28(36)37)26(34)24-23-19-7-5-6-8-21(19)31(3)25(23)27(35)33(30-24)18-12-9-16(2)10-13-18/h5-15H,4H2,1-3H3,(H,36,37). The molecule has 5 rings (SSSR count). The number of para-hydroxylation sites is 1. The van der Waals surface area contributed by atoms with E-state index in [0.717, 1.165) is 11.1 Å². The number of amides is 1. The predicted octanol–water partition coefficient (Wildman–Crippen LogP) is 5.20. The maximum atomic E-state index is 14.2. The molecular formula is C28H23ClN4O4. The number of fused-ring (bicyclic) bond motifs is 3. The summed E-state index contributed by atoms with van der Waals surface area (Å²) in [6.45, 7) is 3.82. The summed E-state index contributed by atoms with van der Waals surface area (Å²) in [5.74, 6) is -1.74. The summed E-state index contributed by atoms with van der Waals surface area (Å²) in [6.07, 6.45) is 0. The van der Waals surface area contributed by atoms with Crippen LogP contribution in [-0.2, 0) is 7.05 Å². The fourth-order valence-corrected chi connectivity index (χ4v) is 4.82. The Bertz CT molecular complexity index is 1770. The highest BCUT2D eigenvalue weighted by molar-refractivity contribution is 6.31. The summed E-state index contributed by atoms with van der Waals surface area (Å²) in [5, 5.41) is 15.8. The molecule has 0 unspecified atom stereocenters. The van der Waals surface area contributed by atoms with Gasteiger partial charge in [-0.15, -0.1) is 0 Å². The van der Waals surface area contributed by atoms with Crippen LogP contribution >= 0.6 is 11.6 Å². The Labute approximate surface area is 216 Å². The topological polar surface area (TPSA) is 97.4 Å². The molecule has 0 saturated carbocycles. The fourth-order valence-electron chi connectivity index (χ4n) is 4.65. The molecular weight excluding hydrogens is 492 g/mol. The second-order valence-electron chi connectivity index (χ2n) is 8.72. The monoisotopic (exact) mass is 514 g/mol. The fraction of sp³-hybridized carbons (Fsp3) is 0.143. The summed E-state index contributed by atoms with van der Waals surface area (Å²) in [7, 11) is 1.77. The zero-order chi connectivity index (χ0) is 26.4. The van der Waals surface area contributed by atoms with Crippen molar-refractivity contribution in [1.82, 2.24) is 14.3 Å². The molecule has 0 aliphatic rings. The van der Waals surface area contributed by atoms with Gasteiger partial charge in [0.2, 0.25) is 0 Å². The minimum absolute atomic E-state index is 0.0325. The average Bonchev–Trinajstić information content (AvgIpc) is 3.18. The van der Waals surface area contributed by atoms with Gasteiger partial charge < -0.3 is 14.6 Å². The van der Waals surface area contributed by atoms with E-state index >= 15 is 0 Å². The molecule has 2 heterocycles. The number of carbonyl (C=O) groups is 2. The lowest BCUT2D eigenvalue weighted by atomic mass is 10.1. The third-order valence-electron chi connectivity index (χ3n) is 6.46. The number of carboxylic acid groups (broad SMARTS) is 1. The number of benzene rings is 3. The zero-order valence-electron chi connectivity index (χ0n) is 20.4. The van der Waals surface area contributed by atoms with Crippen LogP contribution < -0.4 is 10.5 Å². The van der Waals surface area contributed by atoms with Crippen LogP contribution in [0, 0.1) is 6.92 Å². The minimum atomic E-state index is -1.19. The van der Waals surface area contributed by atoms with E-state index in [1.807, 2.05) is 43.3 Å². The van der Waals surface area contributed by atoms with Gasteiger partial charge in [0.25, 0.3) is 11.5 Å². The molecule has 8 nitrogen and oxygen atoms in total. The molecule has 1 N–H and O–H groups in total. The van der Waals surface area contributed by atoms with Gasteiger partial charge in [-0.3, -0.25) is 9.59 Å². The van der Waals surface area contributed by atoms with E-state index < -0.39 is 11.9 Å². The molecule has 2 aromatic heterocycles. The van der Waals surface area contributed by atoms with Gasteiger partial charge >= 0.3 is 5.97 Å². The summed E-state index contributed by atoms with van der Waals surface area (Å²) < 4.78 is 2.98. The first-order valence-corrected chi connectivity index (χ1v) is 12.0. The molecule has 0 aliphatic carbocycles. The van der Waals surface area contributed by atoms with E-state index in [-0.39, 0.29) is 29.0 Å². The molecule has 5 aromatic rings. The quantitative estimate of drug-likeness (QED) is 0.347. The van der Waals surface area contributed by atoms with Crippen molar-refractivity contribution >= 4 is 51.0 Å². The number of rotatable bonds is 5. The molecule has 0 radical (unpaired) electrons. The van der Waals surface area contributed by atoms with Crippen molar-refractivity contribution in [1.29, 1.82) is 0 Å². The molecule has 3 aromatic carbocycles. The van der Waals surface area contributed by atoms with Crippen LogP contribution in [0.4, 0.5) is 5.69 Å². The lowest BCUT2D eigenvalue weighted by Gasteiger charge is -2.23. The Morgan fingerprint density at radius 2 is 1.76 bits per heavy atom. The van der Waals surface area contributed by atoms with Gasteiger partial charge in [0, 0.05) is 34.9 Å². The third kappa shape index (κ3) is 3.95. The number of anilines is 1. The van der Waals surface area contributed by atoms with E-state index in [4.69, 9.17) is 11.6 Å². The van der Waals surface area contributed by atoms with E-state index in [1.54, 1.807) is 30.7 Å². The smallest absolute Gasteiger partial charge is 0.337 e. The summed E-state index contributed by atoms with van der Waals surface area (Å²) >= 11 is 6.19. The van der Waals surface area contributed by atoms with Gasteiger partial charge in [0.1, 0.15) is 5.52 Å². The second kappa shape index (κ2) is 9.22. The van der Waals surface area contributed by atoms with Crippen molar-refractivity contribution in [3.05, 3.63) is 98.9 Å². The van der Waals surface area contributed by atoms with Gasteiger partial charge in [0.15, 0.2) is 5.69 Å². The Kier molecular flexibility index (Phi) is 6.05. The van der Waals surface area contributed by atoms with E-state index in [1.165, 1.54) is 27.8 Å². The number of halogens is 1. The molecule has 37 heavy (non-hydrogen) atoms. The lowest BCUT2D eigenvalue weighted by molar-refractivity contribution is 0.0697. The molecule has 9 heteroatoms.